The van der Waals surface area contributed by atoms with Gasteiger partial charge in [0.1, 0.15) is 24.6 Å². The normalized spacial score (nSPS) is 23.3. The number of nitrogen functional groups attached to an aromatic ring is 1. The Morgan fingerprint density at radius 2 is 2.12 bits per heavy atom. The van der Waals surface area contributed by atoms with E-state index in [2.05, 4.69) is 15.0 Å². The summed E-state index contributed by atoms with van der Waals surface area (Å²) < 4.78 is 17.8. The predicted molar refractivity (Wildman–Crippen MR) is 80.4 cm³/mol. The summed E-state index contributed by atoms with van der Waals surface area (Å²) in [5.74, 6) is -0.586. The number of carbonyl (C=O) groups excluding carboxylic acids is 2. The van der Waals surface area contributed by atoms with E-state index in [0.717, 1.165) is 0 Å². The van der Waals surface area contributed by atoms with E-state index >= 15 is 0 Å². The van der Waals surface area contributed by atoms with Crippen molar-refractivity contribution in [3.05, 3.63) is 12.7 Å². The van der Waals surface area contributed by atoms with Crippen molar-refractivity contribution in [2.75, 3.05) is 12.3 Å². The van der Waals surface area contributed by atoms with Gasteiger partial charge in [0.05, 0.1) is 12.4 Å². The van der Waals surface area contributed by atoms with Crippen molar-refractivity contribution in [3.63, 3.8) is 0 Å². The third-order valence-electron chi connectivity index (χ3n) is 3.60. The average molecular weight is 335 g/mol. The molecule has 3 atom stereocenters. The molecule has 0 aromatic carbocycles. The second-order valence-electron chi connectivity index (χ2n) is 5.42. The lowest BCUT2D eigenvalue weighted by molar-refractivity contribution is -0.152. The molecule has 1 saturated heterocycles. The van der Waals surface area contributed by atoms with E-state index in [0.29, 0.717) is 17.6 Å². The van der Waals surface area contributed by atoms with Crippen molar-refractivity contribution >= 4 is 28.9 Å². The molecule has 10 heteroatoms. The highest BCUT2D eigenvalue weighted by Crippen LogP contribution is 2.33. The Balaban J connectivity index is 1.88. The first-order valence-corrected chi connectivity index (χ1v) is 7.34. The summed E-state index contributed by atoms with van der Waals surface area (Å²) in [7, 11) is 0. The zero-order valence-electron chi connectivity index (χ0n) is 13.2. The molecular formula is C14H17N5O5. The van der Waals surface area contributed by atoms with Gasteiger partial charge in [-0.25, -0.2) is 15.0 Å². The van der Waals surface area contributed by atoms with Crippen molar-refractivity contribution < 1.29 is 23.8 Å². The second kappa shape index (κ2) is 6.40. The van der Waals surface area contributed by atoms with E-state index in [1.807, 2.05) is 0 Å². The van der Waals surface area contributed by atoms with Gasteiger partial charge in [-0.2, -0.15) is 0 Å². The monoisotopic (exact) mass is 335 g/mol. The number of nitrogens with two attached hydrogens (primary N) is 1. The Hall–Kier alpha value is -2.75. The van der Waals surface area contributed by atoms with E-state index in [-0.39, 0.29) is 12.4 Å². The number of fused-ring (bicyclic) bond motifs is 1. The largest absolute Gasteiger partial charge is 0.463 e. The van der Waals surface area contributed by atoms with Gasteiger partial charge in [0.25, 0.3) is 0 Å². The van der Waals surface area contributed by atoms with Crippen LogP contribution in [0.3, 0.4) is 0 Å². The molecule has 24 heavy (non-hydrogen) atoms. The lowest BCUT2D eigenvalue weighted by Crippen LogP contribution is -2.24. The molecule has 2 N–H and O–H groups in total. The number of hydrogen-bond acceptors (Lipinski definition) is 9. The SMILES string of the molecule is CC(=O)OC[C@@H]1C[C@H](OC(C)=O)C(n2cnc3c(N)ncnc32)O1. The maximum atomic E-state index is 11.4. The second-order valence-corrected chi connectivity index (χ2v) is 5.42. The number of aromatic nitrogens is 4. The van der Waals surface area contributed by atoms with Gasteiger partial charge < -0.3 is 19.9 Å². The molecule has 1 unspecified atom stereocenters. The van der Waals surface area contributed by atoms with Crippen LogP contribution in [-0.4, -0.2) is 50.3 Å². The van der Waals surface area contributed by atoms with Crippen molar-refractivity contribution in [2.24, 2.45) is 0 Å². The number of hydrogen-bond donors (Lipinski definition) is 1. The lowest BCUT2D eigenvalue weighted by atomic mass is 10.2. The first-order valence-electron chi connectivity index (χ1n) is 7.34. The van der Waals surface area contributed by atoms with Crippen molar-refractivity contribution in [1.29, 1.82) is 0 Å². The summed E-state index contributed by atoms with van der Waals surface area (Å²) in [6.07, 6.45) is 1.61. The van der Waals surface area contributed by atoms with Crippen LogP contribution in [0.1, 0.15) is 26.5 Å². The maximum absolute atomic E-state index is 11.4. The van der Waals surface area contributed by atoms with E-state index < -0.39 is 30.4 Å². The first kappa shape index (κ1) is 16.1. The number of carbonyl (C=O) groups is 2. The van der Waals surface area contributed by atoms with Crippen LogP contribution >= 0.6 is 0 Å². The maximum Gasteiger partial charge on any atom is 0.303 e. The predicted octanol–water partition coefficient (Wildman–Crippen LogP) is 0.191. The number of rotatable bonds is 4. The number of esters is 2. The fraction of sp³-hybridized carbons (Fsp3) is 0.500. The van der Waals surface area contributed by atoms with Gasteiger partial charge in [-0.3, -0.25) is 14.2 Å². The number of imidazole rings is 1. The van der Waals surface area contributed by atoms with Crippen LogP contribution in [0, 0.1) is 0 Å². The van der Waals surface area contributed by atoms with Gasteiger partial charge in [0.2, 0.25) is 0 Å². The van der Waals surface area contributed by atoms with Crippen LogP contribution in [0.25, 0.3) is 11.2 Å². The summed E-state index contributed by atoms with van der Waals surface area (Å²) in [6.45, 7) is 2.72. The molecule has 0 amide bonds. The summed E-state index contributed by atoms with van der Waals surface area (Å²) in [5.41, 5.74) is 6.69. The Morgan fingerprint density at radius 3 is 2.83 bits per heavy atom. The number of anilines is 1. The Kier molecular flexibility index (Phi) is 4.30. The van der Waals surface area contributed by atoms with Crippen LogP contribution in [0.2, 0.25) is 0 Å². The molecule has 3 heterocycles. The summed E-state index contributed by atoms with van der Waals surface area (Å²) in [6, 6.07) is 0. The van der Waals surface area contributed by atoms with Gasteiger partial charge in [-0.1, -0.05) is 0 Å². The van der Waals surface area contributed by atoms with Crippen molar-refractivity contribution in [1.82, 2.24) is 19.5 Å². The minimum Gasteiger partial charge on any atom is -0.463 e. The van der Waals surface area contributed by atoms with Crippen LogP contribution in [0.15, 0.2) is 12.7 Å². The standard InChI is InChI=1S/C14H17N5O5/c1-7(20)22-4-9-3-10(23-8(2)21)14(24-9)19-6-18-11-12(15)16-5-17-13(11)19/h5-6,9-10,14H,3-4H2,1-2H3,(H2,15,16,17)/t9-,10-,14?/m0/s1. The highest BCUT2D eigenvalue weighted by atomic mass is 16.6. The molecule has 2 aromatic rings. The highest BCUT2D eigenvalue weighted by Gasteiger charge is 2.40. The van der Waals surface area contributed by atoms with Crippen LogP contribution in [0.5, 0.6) is 0 Å². The number of ether oxygens (including phenoxy) is 3. The molecule has 128 valence electrons. The molecule has 0 saturated carbocycles. The van der Waals surface area contributed by atoms with Crippen molar-refractivity contribution in [2.45, 2.75) is 38.7 Å². The Bertz CT molecular complexity index is 776. The minimum atomic E-state index is -0.645. The fourth-order valence-corrected chi connectivity index (χ4v) is 2.65. The summed E-state index contributed by atoms with van der Waals surface area (Å²) >= 11 is 0. The molecule has 1 aliphatic rings. The van der Waals surface area contributed by atoms with Gasteiger partial charge in [0.15, 0.2) is 17.7 Å². The van der Waals surface area contributed by atoms with Gasteiger partial charge >= 0.3 is 11.9 Å². The van der Waals surface area contributed by atoms with Crippen molar-refractivity contribution in [3.8, 4) is 0 Å². The molecule has 1 aliphatic heterocycles. The zero-order valence-corrected chi connectivity index (χ0v) is 13.2. The molecule has 2 aromatic heterocycles. The van der Waals surface area contributed by atoms with Crippen LogP contribution in [0.4, 0.5) is 5.82 Å². The zero-order chi connectivity index (χ0) is 17.3. The van der Waals surface area contributed by atoms with E-state index in [1.54, 1.807) is 4.57 Å². The summed E-state index contributed by atoms with van der Waals surface area (Å²) in [5, 5.41) is 0. The molecule has 3 rings (SSSR count). The molecule has 10 nitrogen and oxygen atoms in total. The van der Waals surface area contributed by atoms with Crippen LogP contribution < -0.4 is 5.73 Å². The Morgan fingerprint density at radius 1 is 1.33 bits per heavy atom. The van der Waals surface area contributed by atoms with E-state index in [9.17, 15) is 9.59 Å². The highest BCUT2D eigenvalue weighted by molar-refractivity contribution is 5.81. The summed E-state index contributed by atoms with van der Waals surface area (Å²) in [4.78, 5) is 34.6. The fourth-order valence-electron chi connectivity index (χ4n) is 2.65. The van der Waals surface area contributed by atoms with Crippen LogP contribution in [-0.2, 0) is 23.8 Å². The first-order chi connectivity index (χ1) is 11.5. The third kappa shape index (κ3) is 3.13. The molecule has 0 aliphatic carbocycles. The minimum absolute atomic E-state index is 0.0767. The lowest BCUT2D eigenvalue weighted by Gasteiger charge is -2.19. The van der Waals surface area contributed by atoms with E-state index in [4.69, 9.17) is 19.9 Å². The smallest absolute Gasteiger partial charge is 0.303 e. The Labute approximate surface area is 136 Å². The van der Waals surface area contributed by atoms with E-state index in [1.165, 1.54) is 26.5 Å². The van der Waals surface area contributed by atoms with Gasteiger partial charge in [0, 0.05) is 20.3 Å². The molecular weight excluding hydrogens is 318 g/mol. The van der Waals surface area contributed by atoms with Gasteiger partial charge in [-0.05, 0) is 0 Å². The molecule has 1 fully saturated rings. The third-order valence-corrected chi connectivity index (χ3v) is 3.60. The molecule has 0 bridgehead atoms. The number of nitrogens with zero attached hydrogens (tertiary/aromatic N) is 4. The quantitative estimate of drug-likeness (QED) is 0.777. The average Bonchev–Trinajstić information content (AvgIpc) is 3.09. The molecule has 0 spiro atoms. The topological polar surface area (TPSA) is 131 Å². The molecule has 0 radical (unpaired) electrons. The van der Waals surface area contributed by atoms with Gasteiger partial charge in [-0.15, -0.1) is 0 Å².